The number of rotatable bonds is 5. The van der Waals surface area contributed by atoms with Gasteiger partial charge in [-0.2, -0.15) is 5.10 Å². The van der Waals surface area contributed by atoms with Crippen molar-refractivity contribution in [1.82, 2.24) is 5.43 Å². The van der Waals surface area contributed by atoms with Crippen LogP contribution in [-0.2, 0) is 0 Å². The van der Waals surface area contributed by atoms with Crippen molar-refractivity contribution >= 4 is 18.1 Å². The molecule has 0 aliphatic heterocycles. The zero-order valence-corrected chi connectivity index (χ0v) is 14.5. The van der Waals surface area contributed by atoms with Gasteiger partial charge in [-0.05, 0) is 66.2 Å². The molecule has 0 atom stereocenters. The van der Waals surface area contributed by atoms with Crippen LogP contribution in [0.3, 0.4) is 0 Å². The van der Waals surface area contributed by atoms with Crippen LogP contribution < -0.4 is 10.2 Å². The molecule has 140 valence electrons. The highest BCUT2D eigenvalue weighted by Crippen LogP contribution is 2.15. The van der Waals surface area contributed by atoms with E-state index in [-0.39, 0.29) is 17.1 Å². The molecule has 3 rings (SSSR count). The van der Waals surface area contributed by atoms with Crippen molar-refractivity contribution in [2.75, 3.05) is 0 Å². The molecule has 7 heteroatoms. The van der Waals surface area contributed by atoms with E-state index in [2.05, 4.69) is 10.5 Å². The van der Waals surface area contributed by atoms with Gasteiger partial charge in [-0.3, -0.25) is 4.79 Å². The first-order valence-electron chi connectivity index (χ1n) is 8.22. The van der Waals surface area contributed by atoms with Crippen molar-refractivity contribution in [3.63, 3.8) is 0 Å². The Morgan fingerprint density at radius 3 is 2.32 bits per heavy atom. The SMILES string of the molecule is O=C(N/N=C/c1ccc(OC(=O)c2ccccc2F)cc1)c1ccc(O)cc1. The maximum absolute atomic E-state index is 13.6. The Labute approximate surface area is 159 Å². The number of halogens is 1. The third kappa shape index (κ3) is 4.79. The summed E-state index contributed by atoms with van der Waals surface area (Å²) in [5.41, 5.74) is 3.22. The van der Waals surface area contributed by atoms with Crippen LogP contribution in [0.4, 0.5) is 4.39 Å². The molecule has 0 bridgehead atoms. The first kappa shape index (κ1) is 18.8. The summed E-state index contributed by atoms with van der Waals surface area (Å²) in [6, 6.07) is 17.6. The van der Waals surface area contributed by atoms with Crippen LogP contribution in [0.1, 0.15) is 26.3 Å². The third-order valence-corrected chi connectivity index (χ3v) is 3.69. The number of phenolic OH excluding ortho intramolecular Hbond substituents is 1. The number of nitrogens with zero attached hydrogens (tertiary/aromatic N) is 1. The molecule has 0 aromatic heterocycles. The first-order valence-corrected chi connectivity index (χ1v) is 8.22. The lowest BCUT2D eigenvalue weighted by Gasteiger charge is -2.05. The lowest BCUT2D eigenvalue weighted by Crippen LogP contribution is -2.17. The number of nitrogens with one attached hydrogen (secondary N) is 1. The van der Waals surface area contributed by atoms with E-state index in [0.717, 1.165) is 0 Å². The van der Waals surface area contributed by atoms with Crippen molar-refractivity contribution in [3.05, 3.63) is 95.3 Å². The molecular weight excluding hydrogens is 363 g/mol. The number of phenols is 1. The van der Waals surface area contributed by atoms with E-state index in [1.165, 1.54) is 60.8 Å². The average molecular weight is 378 g/mol. The summed E-state index contributed by atoms with van der Waals surface area (Å²) in [6.45, 7) is 0. The zero-order chi connectivity index (χ0) is 19.9. The van der Waals surface area contributed by atoms with E-state index in [9.17, 15) is 19.1 Å². The number of hydrogen-bond acceptors (Lipinski definition) is 5. The largest absolute Gasteiger partial charge is 0.508 e. The molecule has 0 radical (unpaired) electrons. The molecule has 3 aromatic carbocycles. The Kier molecular flexibility index (Phi) is 5.76. The average Bonchev–Trinajstić information content (AvgIpc) is 2.70. The van der Waals surface area contributed by atoms with Crippen molar-refractivity contribution in [3.8, 4) is 11.5 Å². The maximum atomic E-state index is 13.6. The molecule has 0 fully saturated rings. The van der Waals surface area contributed by atoms with Crippen LogP contribution in [0.2, 0.25) is 0 Å². The van der Waals surface area contributed by atoms with Crippen LogP contribution in [0.5, 0.6) is 11.5 Å². The summed E-state index contributed by atoms with van der Waals surface area (Å²) in [4.78, 5) is 23.9. The fourth-order valence-corrected chi connectivity index (χ4v) is 2.25. The molecule has 0 heterocycles. The second-order valence-electron chi connectivity index (χ2n) is 5.68. The second kappa shape index (κ2) is 8.59. The molecule has 2 N–H and O–H groups in total. The molecule has 0 aliphatic rings. The van der Waals surface area contributed by atoms with Gasteiger partial charge in [-0.15, -0.1) is 0 Å². The number of benzene rings is 3. The Morgan fingerprint density at radius 2 is 1.64 bits per heavy atom. The van der Waals surface area contributed by atoms with Gasteiger partial charge in [0.15, 0.2) is 0 Å². The molecule has 0 spiro atoms. The van der Waals surface area contributed by atoms with E-state index in [1.807, 2.05) is 0 Å². The van der Waals surface area contributed by atoms with Gasteiger partial charge in [0, 0.05) is 5.56 Å². The van der Waals surface area contributed by atoms with Crippen molar-refractivity contribution in [2.24, 2.45) is 5.10 Å². The minimum Gasteiger partial charge on any atom is -0.508 e. The number of ether oxygens (including phenoxy) is 1. The fraction of sp³-hybridized carbons (Fsp3) is 0. The van der Waals surface area contributed by atoms with Gasteiger partial charge in [-0.25, -0.2) is 14.6 Å². The highest BCUT2D eigenvalue weighted by molar-refractivity contribution is 5.95. The lowest BCUT2D eigenvalue weighted by molar-refractivity contribution is 0.0729. The van der Waals surface area contributed by atoms with E-state index in [0.29, 0.717) is 11.1 Å². The van der Waals surface area contributed by atoms with Gasteiger partial charge in [0.05, 0.1) is 11.8 Å². The van der Waals surface area contributed by atoms with Crippen molar-refractivity contribution in [1.29, 1.82) is 0 Å². The number of amides is 1. The number of carbonyl (C=O) groups is 2. The van der Waals surface area contributed by atoms with E-state index >= 15 is 0 Å². The molecule has 3 aromatic rings. The summed E-state index contributed by atoms with van der Waals surface area (Å²) < 4.78 is 18.7. The molecule has 0 unspecified atom stereocenters. The standard InChI is InChI=1S/C21H15FN2O4/c22-19-4-2-1-3-18(19)21(27)28-17-11-5-14(6-12-17)13-23-24-20(26)15-7-9-16(25)10-8-15/h1-13,25H,(H,24,26)/b23-13+. The fourth-order valence-electron chi connectivity index (χ4n) is 2.25. The van der Waals surface area contributed by atoms with Gasteiger partial charge in [0.1, 0.15) is 17.3 Å². The van der Waals surface area contributed by atoms with Crippen LogP contribution >= 0.6 is 0 Å². The number of aromatic hydroxyl groups is 1. The molecular formula is C21H15FN2O4. The minimum atomic E-state index is -0.791. The highest BCUT2D eigenvalue weighted by atomic mass is 19.1. The Hall–Kier alpha value is -4.00. The zero-order valence-electron chi connectivity index (χ0n) is 14.5. The van der Waals surface area contributed by atoms with Gasteiger partial charge in [0.2, 0.25) is 0 Å². The minimum absolute atomic E-state index is 0.0656. The second-order valence-corrected chi connectivity index (χ2v) is 5.68. The third-order valence-electron chi connectivity index (χ3n) is 3.69. The predicted octanol–water partition coefficient (Wildman–Crippen LogP) is 3.51. The van der Waals surface area contributed by atoms with E-state index in [1.54, 1.807) is 18.2 Å². The van der Waals surface area contributed by atoms with Gasteiger partial charge >= 0.3 is 5.97 Å². The summed E-state index contributed by atoms with van der Waals surface area (Å²) in [5, 5.41) is 13.1. The van der Waals surface area contributed by atoms with Gasteiger partial charge in [0.25, 0.3) is 5.91 Å². The van der Waals surface area contributed by atoms with Crippen molar-refractivity contribution < 1.29 is 23.8 Å². The summed E-state index contributed by atoms with van der Waals surface area (Å²) in [6.07, 6.45) is 1.42. The van der Waals surface area contributed by atoms with Crippen LogP contribution in [0.25, 0.3) is 0 Å². The quantitative estimate of drug-likeness (QED) is 0.308. The molecule has 0 saturated heterocycles. The maximum Gasteiger partial charge on any atom is 0.346 e. The number of esters is 1. The van der Waals surface area contributed by atoms with Crippen LogP contribution in [-0.4, -0.2) is 23.2 Å². The van der Waals surface area contributed by atoms with Gasteiger partial charge < -0.3 is 9.84 Å². The number of hydrogen-bond donors (Lipinski definition) is 2. The monoisotopic (exact) mass is 378 g/mol. The molecule has 0 saturated carbocycles. The molecule has 0 aliphatic carbocycles. The van der Waals surface area contributed by atoms with E-state index in [4.69, 9.17) is 4.74 Å². The lowest BCUT2D eigenvalue weighted by atomic mass is 10.2. The molecule has 6 nitrogen and oxygen atoms in total. The summed E-state index contributed by atoms with van der Waals surface area (Å²) in [7, 11) is 0. The topological polar surface area (TPSA) is 88.0 Å². The van der Waals surface area contributed by atoms with Crippen molar-refractivity contribution in [2.45, 2.75) is 0 Å². The normalized spacial score (nSPS) is 10.6. The molecule has 28 heavy (non-hydrogen) atoms. The highest BCUT2D eigenvalue weighted by Gasteiger charge is 2.13. The van der Waals surface area contributed by atoms with Crippen LogP contribution in [0, 0.1) is 5.82 Å². The summed E-state index contributed by atoms with van der Waals surface area (Å²) in [5.74, 6) is -1.55. The van der Waals surface area contributed by atoms with Gasteiger partial charge in [-0.1, -0.05) is 12.1 Å². The van der Waals surface area contributed by atoms with E-state index < -0.39 is 17.7 Å². The molecule has 1 amide bonds. The Balaban J connectivity index is 1.57. The Bertz CT molecular complexity index is 1020. The Morgan fingerprint density at radius 1 is 0.964 bits per heavy atom. The van der Waals surface area contributed by atoms with Crippen LogP contribution in [0.15, 0.2) is 77.9 Å². The predicted molar refractivity (Wildman–Crippen MR) is 101 cm³/mol. The number of carbonyl (C=O) groups excluding carboxylic acids is 2. The summed E-state index contributed by atoms with van der Waals surface area (Å²) >= 11 is 0. The first-order chi connectivity index (χ1) is 13.5. The number of hydrazone groups is 1. The smallest absolute Gasteiger partial charge is 0.346 e.